The highest BCUT2D eigenvalue weighted by Gasteiger charge is 2.40. The molecule has 18 heavy (non-hydrogen) atoms. The number of rotatable bonds is 3. The van der Waals surface area contributed by atoms with Crippen LogP contribution in [-0.4, -0.2) is 30.3 Å². The summed E-state index contributed by atoms with van der Waals surface area (Å²) >= 11 is 0. The molecule has 2 N–H and O–H groups in total. The number of esters is 1. The normalized spacial score (nSPS) is 23.6. The third kappa shape index (κ3) is 2.48. The number of hydrogen-bond donors (Lipinski definition) is 2. The Labute approximate surface area is 107 Å². The van der Waals surface area contributed by atoms with E-state index in [1.807, 2.05) is 12.1 Å². The third-order valence-electron chi connectivity index (χ3n) is 3.55. The first-order valence-electron chi connectivity index (χ1n) is 6.28. The lowest BCUT2D eigenvalue weighted by atomic mass is 9.83. The summed E-state index contributed by atoms with van der Waals surface area (Å²) in [6.07, 6.45) is 3.27. The molecule has 1 atom stereocenters. The Kier molecular flexibility index (Phi) is 3.87. The van der Waals surface area contributed by atoms with Crippen LogP contribution >= 0.6 is 0 Å². The molecule has 1 aromatic carbocycles. The molecule has 0 radical (unpaired) electrons. The third-order valence-corrected chi connectivity index (χ3v) is 3.55. The molecule has 0 spiro atoms. The van der Waals surface area contributed by atoms with Gasteiger partial charge in [-0.2, -0.15) is 0 Å². The number of carbonyl (C=O) groups is 1. The summed E-state index contributed by atoms with van der Waals surface area (Å²) in [5.74, 6) is -0.0152. The molecule has 1 unspecified atom stereocenters. The Morgan fingerprint density at radius 1 is 1.44 bits per heavy atom. The lowest BCUT2D eigenvalue weighted by Crippen LogP contribution is -2.56. The van der Waals surface area contributed by atoms with Crippen molar-refractivity contribution in [2.75, 3.05) is 13.7 Å². The summed E-state index contributed by atoms with van der Waals surface area (Å²) in [6.45, 7) is 0.808. The molecule has 4 nitrogen and oxygen atoms in total. The van der Waals surface area contributed by atoms with Gasteiger partial charge in [0.2, 0.25) is 0 Å². The average molecular weight is 249 g/mol. The van der Waals surface area contributed by atoms with Gasteiger partial charge in [0.1, 0.15) is 11.3 Å². The number of phenolic OH excluding ortho intramolecular Hbond substituents is 1. The fraction of sp³-hybridized carbons (Fsp3) is 0.500. The molecule has 1 aromatic rings. The van der Waals surface area contributed by atoms with Crippen LogP contribution in [-0.2, 0) is 16.0 Å². The summed E-state index contributed by atoms with van der Waals surface area (Å²) in [6, 6.07) is 7.13. The van der Waals surface area contributed by atoms with Crippen LogP contribution < -0.4 is 5.32 Å². The molecule has 98 valence electrons. The van der Waals surface area contributed by atoms with Crippen molar-refractivity contribution in [1.29, 1.82) is 0 Å². The number of phenols is 1. The number of piperidine rings is 1. The summed E-state index contributed by atoms with van der Waals surface area (Å²) in [4.78, 5) is 12.0. The first-order chi connectivity index (χ1) is 8.68. The highest BCUT2D eigenvalue weighted by molar-refractivity contribution is 5.81. The van der Waals surface area contributed by atoms with Gasteiger partial charge < -0.3 is 15.2 Å². The number of ether oxygens (including phenoxy) is 1. The molecule has 0 amide bonds. The molecule has 0 saturated carbocycles. The van der Waals surface area contributed by atoms with Crippen molar-refractivity contribution in [2.24, 2.45) is 0 Å². The van der Waals surface area contributed by atoms with E-state index in [9.17, 15) is 9.90 Å². The van der Waals surface area contributed by atoms with Crippen molar-refractivity contribution in [2.45, 2.75) is 31.2 Å². The molecule has 0 aliphatic carbocycles. The van der Waals surface area contributed by atoms with Crippen LogP contribution in [0.3, 0.4) is 0 Å². The van der Waals surface area contributed by atoms with Crippen LogP contribution in [0, 0.1) is 0 Å². The van der Waals surface area contributed by atoms with Gasteiger partial charge >= 0.3 is 5.97 Å². The molecule has 1 saturated heterocycles. The van der Waals surface area contributed by atoms with Crippen LogP contribution in [0.4, 0.5) is 0 Å². The minimum atomic E-state index is -0.689. The van der Waals surface area contributed by atoms with E-state index in [1.165, 1.54) is 7.11 Å². The Bertz CT molecular complexity index is 425. The number of benzene rings is 1. The second-order valence-corrected chi connectivity index (χ2v) is 4.76. The van der Waals surface area contributed by atoms with Crippen molar-refractivity contribution in [3.8, 4) is 5.75 Å². The van der Waals surface area contributed by atoms with E-state index in [-0.39, 0.29) is 11.7 Å². The van der Waals surface area contributed by atoms with Crippen LogP contribution in [0.15, 0.2) is 24.3 Å². The molecule has 1 fully saturated rings. The van der Waals surface area contributed by atoms with Crippen LogP contribution in [0.1, 0.15) is 24.8 Å². The van der Waals surface area contributed by atoms with E-state index in [4.69, 9.17) is 4.74 Å². The van der Waals surface area contributed by atoms with Gasteiger partial charge in [0.15, 0.2) is 0 Å². The molecular weight excluding hydrogens is 230 g/mol. The molecule has 1 heterocycles. The SMILES string of the molecule is COC(=O)C1(Cc2ccccc2O)CCCCN1. The molecule has 0 aromatic heterocycles. The number of aromatic hydroxyl groups is 1. The highest BCUT2D eigenvalue weighted by Crippen LogP contribution is 2.28. The predicted molar refractivity (Wildman–Crippen MR) is 68.4 cm³/mol. The fourth-order valence-corrected chi connectivity index (χ4v) is 2.55. The summed E-state index contributed by atoms with van der Waals surface area (Å²) in [5.41, 5.74) is 0.0866. The van der Waals surface area contributed by atoms with Gasteiger partial charge in [-0.25, -0.2) is 0 Å². The number of para-hydroxylation sites is 1. The largest absolute Gasteiger partial charge is 0.508 e. The zero-order valence-corrected chi connectivity index (χ0v) is 10.6. The Morgan fingerprint density at radius 3 is 2.83 bits per heavy atom. The smallest absolute Gasteiger partial charge is 0.326 e. The highest BCUT2D eigenvalue weighted by atomic mass is 16.5. The number of hydrogen-bond acceptors (Lipinski definition) is 4. The maximum Gasteiger partial charge on any atom is 0.326 e. The van der Waals surface area contributed by atoms with E-state index in [2.05, 4.69) is 5.32 Å². The number of carbonyl (C=O) groups excluding carboxylic acids is 1. The second kappa shape index (κ2) is 5.40. The zero-order valence-electron chi connectivity index (χ0n) is 10.6. The Hall–Kier alpha value is -1.55. The maximum atomic E-state index is 12.0. The van der Waals surface area contributed by atoms with E-state index < -0.39 is 5.54 Å². The van der Waals surface area contributed by atoms with E-state index in [0.29, 0.717) is 6.42 Å². The number of methoxy groups -OCH3 is 1. The van der Waals surface area contributed by atoms with Gasteiger partial charge in [-0.1, -0.05) is 18.2 Å². The van der Waals surface area contributed by atoms with Crippen LogP contribution in [0.25, 0.3) is 0 Å². The van der Waals surface area contributed by atoms with Crippen LogP contribution in [0.5, 0.6) is 5.75 Å². The predicted octanol–water partition coefficient (Wildman–Crippen LogP) is 1.62. The number of nitrogens with one attached hydrogen (secondary N) is 1. The molecule has 1 aliphatic heterocycles. The summed E-state index contributed by atoms with van der Waals surface area (Å²) < 4.78 is 4.92. The van der Waals surface area contributed by atoms with Crippen molar-refractivity contribution in [3.63, 3.8) is 0 Å². The maximum absolute atomic E-state index is 12.0. The monoisotopic (exact) mass is 249 g/mol. The summed E-state index contributed by atoms with van der Waals surface area (Å²) in [5, 5.41) is 13.1. The van der Waals surface area contributed by atoms with E-state index >= 15 is 0 Å². The second-order valence-electron chi connectivity index (χ2n) is 4.76. The molecule has 0 bridgehead atoms. The van der Waals surface area contributed by atoms with Crippen LogP contribution in [0.2, 0.25) is 0 Å². The standard InChI is InChI=1S/C14H19NO3/c1-18-13(17)14(8-4-5-9-15-14)10-11-6-2-3-7-12(11)16/h2-3,6-7,15-16H,4-5,8-10H2,1H3. The van der Waals surface area contributed by atoms with Gasteiger partial charge in [0.05, 0.1) is 7.11 Å². The lowest BCUT2D eigenvalue weighted by molar-refractivity contribution is -0.149. The lowest BCUT2D eigenvalue weighted by Gasteiger charge is -2.35. The molecule has 2 rings (SSSR count). The quantitative estimate of drug-likeness (QED) is 0.799. The first-order valence-corrected chi connectivity index (χ1v) is 6.28. The summed E-state index contributed by atoms with van der Waals surface area (Å²) in [7, 11) is 1.41. The van der Waals surface area contributed by atoms with Crippen molar-refractivity contribution < 1.29 is 14.6 Å². The van der Waals surface area contributed by atoms with Crippen molar-refractivity contribution in [3.05, 3.63) is 29.8 Å². The van der Waals surface area contributed by atoms with Gasteiger partial charge in [0, 0.05) is 6.42 Å². The topological polar surface area (TPSA) is 58.6 Å². The minimum Gasteiger partial charge on any atom is -0.508 e. The molecular formula is C14H19NO3. The first kappa shape index (κ1) is 12.9. The van der Waals surface area contributed by atoms with Gasteiger partial charge in [-0.15, -0.1) is 0 Å². The zero-order chi connectivity index (χ0) is 13.0. The Morgan fingerprint density at radius 2 is 2.22 bits per heavy atom. The van der Waals surface area contributed by atoms with E-state index in [1.54, 1.807) is 12.1 Å². The minimum absolute atomic E-state index is 0.230. The van der Waals surface area contributed by atoms with Gasteiger partial charge in [0.25, 0.3) is 0 Å². The van der Waals surface area contributed by atoms with Gasteiger partial charge in [-0.3, -0.25) is 4.79 Å². The molecule has 1 aliphatic rings. The van der Waals surface area contributed by atoms with E-state index in [0.717, 1.165) is 31.4 Å². The van der Waals surface area contributed by atoms with Crippen molar-refractivity contribution >= 4 is 5.97 Å². The fourth-order valence-electron chi connectivity index (χ4n) is 2.55. The van der Waals surface area contributed by atoms with Crippen molar-refractivity contribution in [1.82, 2.24) is 5.32 Å². The molecule has 4 heteroatoms. The Balaban J connectivity index is 2.25. The average Bonchev–Trinajstić information content (AvgIpc) is 2.41. The van der Waals surface area contributed by atoms with Gasteiger partial charge in [-0.05, 0) is 37.4 Å².